The molecule has 0 aromatic heterocycles. The number of likely N-dealkylation sites (tertiary alicyclic amines) is 1. The fourth-order valence-corrected chi connectivity index (χ4v) is 5.06. The highest BCUT2D eigenvalue weighted by Gasteiger charge is 2.36. The first-order valence-electron chi connectivity index (χ1n) is 13.5. The summed E-state index contributed by atoms with van der Waals surface area (Å²) < 4.78 is 34.9. The molecular weight excluding hydrogens is 508 g/mol. The molecule has 40 heavy (non-hydrogen) atoms. The lowest BCUT2D eigenvalue weighted by Gasteiger charge is -2.40. The van der Waals surface area contributed by atoms with Gasteiger partial charge in [0.05, 0.1) is 24.6 Å². The maximum absolute atomic E-state index is 14.9. The first-order chi connectivity index (χ1) is 19.5. The molecular formula is C32H35F2N5O. The van der Waals surface area contributed by atoms with Gasteiger partial charge in [0.1, 0.15) is 17.2 Å². The lowest BCUT2D eigenvalue weighted by atomic mass is 9.91. The molecule has 208 valence electrons. The van der Waals surface area contributed by atoms with Gasteiger partial charge in [-0.2, -0.15) is 5.26 Å². The molecule has 6 nitrogen and oxygen atoms in total. The number of piperidine rings is 1. The maximum atomic E-state index is 14.9. The summed E-state index contributed by atoms with van der Waals surface area (Å²) in [6.45, 7) is 6.80. The Kier molecular flexibility index (Phi) is 10.0. The van der Waals surface area contributed by atoms with Crippen LogP contribution in [-0.4, -0.2) is 50.1 Å². The molecule has 1 atom stereocenters. The third-order valence-electron chi connectivity index (χ3n) is 7.26. The maximum Gasteiger partial charge on any atom is 0.132 e. The van der Waals surface area contributed by atoms with Crippen LogP contribution in [0.25, 0.3) is 11.1 Å². The summed E-state index contributed by atoms with van der Waals surface area (Å²) >= 11 is 0. The van der Waals surface area contributed by atoms with Gasteiger partial charge >= 0.3 is 0 Å². The molecule has 1 aliphatic heterocycles. The van der Waals surface area contributed by atoms with Crippen LogP contribution in [0, 0.1) is 23.0 Å². The van der Waals surface area contributed by atoms with Gasteiger partial charge < -0.3 is 15.8 Å². The van der Waals surface area contributed by atoms with Crippen molar-refractivity contribution in [3.8, 4) is 17.2 Å². The second-order valence-electron chi connectivity index (χ2n) is 9.94. The van der Waals surface area contributed by atoms with Crippen LogP contribution < -0.4 is 11.1 Å². The van der Waals surface area contributed by atoms with E-state index in [1.165, 1.54) is 18.5 Å². The highest BCUT2D eigenvalue weighted by atomic mass is 19.1. The first-order valence-corrected chi connectivity index (χ1v) is 13.5. The normalized spacial score (nSPS) is 15.9. The number of aliphatic imine (C=N–C) groups is 1. The Morgan fingerprint density at radius 1 is 1.07 bits per heavy atom. The Hall–Kier alpha value is -4.06. The number of halogens is 2. The van der Waals surface area contributed by atoms with Crippen molar-refractivity contribution in [3.63, 3.8) is 0 Å². The number of benzene rings is 3. The molecule has 1 unspecified atom stereocenters. The van der Waals surface area contributed by atoms with Crippen molar-refractivity contribution in [2.75, 3.05) is 38.1 Å². The van der Waals surface area contributed by atoms with E-state index in [1.807, 2.05) is 24.3 Å². The van der Waals surface area contributed by atoms with Gasteiger partial charge in [-0.3, -0.25) is 9.89 Å². The van der Waals surface area contributed by atoms with Gasteiger partial charge in [0.25, 0.3) is 0 Å². The first kappa shape index (κ1) is 28.9. The summed E-state index contributed by atoms with van der Waals surface area (Å²) in [6, 6.07) is 21.9. The summed E-state index contributed by atoms with van der Waals surface area (Å²) in [5, 5.41) is 12.6. The minimum atomic E-state index is -1.12. The van der Waals surface area contributed by atoms with E-state index in [-0.39, 0.29) is 5.56 Å². The van der Waals surface area contributed by atoms with Crippen molar-refractivity contribution in [2.45, 2.75) is 30.9 Å². The van der Waals surface area contributed by atoms with E-state index in [1.54, 1.807) is 6.08 Å². The zero-order valence-electron chi connectivity index (χ0n) is 22.5. The molecule has 1 aliphatic rings. The van der Waals surface area contributed by atoms with Crippen LogP contribution in [0.2, 0.25) is 0 Å². The van der Waals surface area contributed by atoms with E-state index in [0.29, 0.717) is 37.7 Å². The van der Waals surface area contributed by atoms with Crippen LogP contribution in [-0.2, 0) is 10.3 Å². The summed E-state index contributed by atoms with van der Waals surface area (Å²) in [7, 11) is 0. The highest BCUT2D eigenvalue weighted by molar-refractivity contribution is 5.66. The molecule has 3 aromatic rings. The Balaban J connectivity index is 1.37. The van der Waals surface area contributed by atoms with Crippen LogP contribution in [0.5, 0.6) is 0 Å². The molecule has 8 heteroatoms. The molecule has 1 saturated heterocycles. The third kappa shape index (κ3) is 7.32. The van der Waals surface area contributed by atoms with E-state index < -0.39 is 17.2 Å². The second-order valence-corrected chi connectivity index (χ2v) is 9.94. The topological polar surface area (TPSA) is 86.7 Å². The third-order valence-corrected chi connectivity index (χ3v) is 7.26. The number of nitriles is 1. The van der Waals surface area contributed by atoms with Gasteiger partial charge in [0, 0.05) is 49.5 Å². The molecule has 4 rings (SSSR count). The summed E-state index contributed by atoms with van der Waals surface area (Å²) in [5.41, 5.74) is 8.32. The number of nitrogens with two attached hydrogens (primary N) is 1. The molecule has 0 bridgehead atoms. The Morgan fingerprint density at radius 2 is 1.75 bits per heavy atom. The standard InChI is InChI=1S/C32H35F2N5O/c1-2-32(40-19-3-16-37-23-36,30-13-10-27(33)20-31(30)34)22-39-17-14-29(15-18-39)38-28-11-8-26(9-12-28)25-6-4-24(21-35)5-7-25/h2,4-13,20,23,29,38H,1,3,14-19,22H2,(H2,36,37). The van der Waals surface area contributed by atoms with Gasteiger partial charge in [-0.1, -0.05) is 36.9 Å². The zero-order valence-corrected chi connectivity index (χ0v) is 22.5. The number of rotatable bonds is 12. The van der Waals surface area contributed by atoms with Crippen LogP contribution in [0.15, 0.2) is 84.4 Å². The number of nitrogens with zero attached hydrogens (tertiary/aromatic N) is 3. The minimum absolute atomic E-state index is 0.272. The zero-order chi connectivity index (χ0) is 28.4. The van der Waals surface area contributed by atoms with E-state index in [9.17, 15) is 8.78 Å². The van der Waals surface area contributed by atoms with Crippen LogP contribution in [0.4, 0.5) is 14.5 Å². The quantitative estimate of drug-likeness (QED) is 0.129. The average molecular weight is 544 g/mol. The molecule has 0 amide bonds. The van der Waals surface area contributed by atoms with Crippen LogP contribution >= 0.6 is 0 Å². The van der Waals surface area contributed by atoms with Crippen molar-refractivity contribution < 1.29 is 13.5 Å². The van der Waals surface area contributed by atoms with Crippen molar-refractivity contribution >= 4 is 12.0 Å². The Morgan fingerprint density at radius 3 is 2.35 bits per heavy atom. The van der Waals surface area contributed by atoms with Crippen LogP contribution in [0.3, 0.4) is 0 Å². The van der Waals surface area contributed by atoms with Crippen molar-refractivity contribution in [3.05, 3.63) is 102 Å². The predicted octanol–water partition coefficient (Wildman–Crippen LogP) is 5.85. The van der Waals surface area contributed by atoms with Gasteiger partial charge in [-0.05, 0) is 66.8 Å². The van der Waals surface area contributed by atoms with Crippen molar-refractivity contribution in [1.29, 1.82) is 5.26 Å². The fraction of sp³-hybridized carbons (Fsp3) is 0.312. The Bertz CT molecular complexity index is 1330. The number of hydrogen-bond acceptors (Lipinski definition) is 5. The number of hydrogen-bond donors (Lipinski definition) is 2. The molecule has 3 N–H and O–H groups in total. The predicted molar refractivity (Wildman–Crippen MR) is 156 cm³/mol. The molecule has 0 aliphatic carbocycles. The van der Waals surface area contributed by atoms with E-state index in [2.05, 4.69) is 52.1 Å². The molecule has 0 saturated carbocycles. The summed E-state index contributed by atoms with van der Waals surface area (Å²) in [6.07, 6.45) is 5.29. The number of anilines is 1. The minimum Gasteiger partial charge on any atom is -0.390 e. The highest BCUT2D eigenvalue weighted by Crippen LogP contribution is 2.33. The molecule has 0 radical (unpaired) electrons. The number of nitrogens with one attached hydrogen (secondary N) is 1. The monoisotopic (exact) mass is 543 g/mol. The van der Waals surface area contributed by atoms with Gasteiger partial charge in [-0.25, -0.2) is 8.78 Å². The lowest BCUT2D eigenvalue weighted by molar-refractivity contribution is -0.0417. The Labute approximate surface area is 234 Å². The van der Waals surface area contributed by atoms with Crippen molar-refractivity contribution in [1.82, 2.24) is 4.90 Å². The summed E-state index contributed by atoms with van der Waals surface area (Å²) in [5.74, 6) is -1.28. The smallest absolute Gasteiger partial charge is 0.132 e. The van der Waals surface area contributed by atoms with E-state index >= 15 is 0 Å². The number of ether oxygens (including phenoxy) is 1. The second kappa shape index (κ2) is 13.8. The van der Waals surface area contributed by atoms with Gasteiger partial charge in [0.15, 0.2) is 0 Å². The fourth-order valence-electron chi connectivity index (χ4n) is 5.06. The van der Waals surface area contributed by atoms with E-state index in [4.69, 9.17) is 15.7 Å². The summed E-state index contributed by atoms with van der Waals surface area (Å²) in [4.78, 5) is 6.24. The molecule has 1 fully saturated rings. The lowest BCUT2D eigenvalue weighted by Crippen LogP contribution is -2.47. The molecule has 0 spiro atoms. The van der Waals surface area contributed by atoms with E-state index in [0.717, 1.165) is 48.8 Å². The molecule has 1 heterocycles. The van der Waals surface area contributed by atoms with Gasteiger partial charge in [-0.15, -0.1) is 0 Å². The SMILES string of the molecule is C=CC(CN1CCC(Nc2ccc(-c3ccc(C#N)cc3)cc2)CC1)(OCCCN=CN)c1ccc(F)cc1F. The van der Waals surface area contributed by atoms with Gasteiger partial charge in [0.2, 0.25) is 0 Å². The molecule has 3 aromatic carbocycles. The average Bonchev–Trinajstić information content (AvgIpc) is 2.98. The van der Waals surface area contributed by atoms with Crippen LogP contribution in [0.1, 0.15) is 30.4 Å². The van der Waals surface area contributed by atoms with Crippen molar-refractivity contribution in [2.24, 2.45) is 10.7 Å². The largest absolute Gasteiger partial charge is 0.390 e.